The highest BCUT2D eigenvalue weighted by Gasteiger charge is 2.22. The molecule has 6 nitrogen and oxygen atoms in total. The van der Waals surface area contributed by atoms with Crippen molar-refractivity contribution in [3.8, 4) is 5.75 Å². The molecule has 1 N–H and O–H groups in total. The number of para-hydroxylation sites is 1. The average Bonchev–Trinajstić information content (AvgIpc) is 3.25. The van der Waals surface area contributed by atoms with Crippen LogP contribution in [0.2, 0.25) is 0 Å². The van der Waals surface area contributed by atoms with Gasteiger partial charge in [0.15, 0.2) is 8.30 Å². The minimum absolute atomic E-state index is 0.185. The van der Waals surface area contributed by atoms with Crippen LogP contribution in [0.5, 0.6) is 5.75 Å². The minimum Gasteiger partial charge on any atom is -0.465 e. The number of fused-ring (bicyclic) bond motifs is 1. The number of thiophene rings is 1. The van der Waals surface area contributed by atoms with Crippen LogP contribution in [0.1, 0.15) is 35.5 Å². The van der Waals surface area contributed by atoms with E-state index in [-0.39, 0.29) is 18.5 Å². The first-order valence-electron chi connectivity index (χ1n) is 10.7. The summed E-state index contributed by atoms with van der Waals surface area (Å²) in [6, 6.07) is 16.9. The fourth-order valence-electron chi connectivity index (χ4n) is 2.97. The number of rotatable bonds is 12. The molecule has 3 rings (SSSR count). The normalized spacial score (nSPS) is 12.7. The summed E-state index contributed by atoms with van der Waals surface area (Å²) in [4.78, 5) is 25.0. The molecule has 0 bridgehead atoms. The molecule has 0 aliphatic carbocycles. The summed E-state index contributed by atoms with van der Waals surface area (Å²) in [5.41, 5.74) is 1.04. The van der Waals surface area contributed by atoms with Crippen molar-refractivity contribution in [3.63, 3.8) is 0 Å². The second-order valence-electron chi connectivity index (χ2n) is 7.33. The number of carbonyl (C=O) groups excluding carboxylic acids is 2. The van der Waals surface area contributed by atoms with Gasteiger partial charge in [-0.3, -0.25) is 9.88 Å². The van der Waals surface area contributed by atoms with Crippen molar-refractivity contribution in [1.82, 2.24) is 5.09 Å². The Hall–Kier alpha value is -2.73. The lowest BCUT2D eigenvalue weighted by molar-refractivity contribution is -0.145. The Kier molecular flexibility index (Phi) is 9.43. The predicted molar refractivity (Wildman–Crippen MR) is 134 cm³/mol. The Morgan fingerprint density at radius 1 is 1.15 bits per heavy atom. The van der Waals surface area contributed by atoms with E-state index in [1.54, 1.807) is 13.0 Å². The molecule has 1 aromatic heterocycles. The molecule has 33 heavy (non-hydrogen) atoms. The SMILES string of the molecule is C=CCOC(=O)c1cc2cc(CP(NC(C)C(=O)OCCC)Oc3ccccc3)ccc2s1. The van der Waals surface area contributed by atoms with Crippen LogP contribution < -0.4 is 9.61 Å². The Bertz CT molecular complexity index is 1080. The topological polar surface area (TPSA) is 73.9 Å². The summed E-state index contributed by atoms with van der Waals surface area (Å²) in [5, 5.41) is 4.27. The van der Waals surface area contributed by atoms with Gasteiger partial charge in [-0.1, -0.05) is 43.8 Å². The number of esters is 2. The van der Waals surface area contributed by atoms with Crippen molar-refractivity contribution in [3.05, 3.63) is 77.7 Å². The highest BCUT2D eigenvalue weighted by atomic mass is 32.1. The van der Waals surface area contributed by atoms with E-state index in [0.717, 1.165) is 27.8 Å². The Labute approximate surface area is 199 Å². The molecule has 0 saturated carbocycles. The highest BCUT2D eigenvalue weighted by molar-refractivity contribution is 7.50. The van der Waals surface area contributed by atoms with E-state index in [9.17, 15) is 9.59 Å². The third-order valence-electron chi connectivity index (χ3n) is 4.54. The van der Waals surface area contributed by atoms with Gasteiger partial charge in [0, 0.05) is 10.9 Å². The maximum absolute atomic E-state index is 12.3. The van der Waals surface area contributed by atoms with Gasteiger partial charge in [-0.05, 0) is 54.6 Å². The number of ether oxygens (including phenoxy) is 2. The van der Waals surface area contributed by atoms with Gasteiger partial charge in [-0.25, -0.2) is 4.79 Å². The lowest BCUT2D eigenvalue weighted by Gasteiger charge is -2.23. The fourth-order valence-corrected chi connectivity index (χ4v) is 5.56. The minimum atomic E-state index is -1.22. The van der Waals surface area contributed by atoms with E-state index in [2.05, 4.69) is 11.7 Å². The zero-order valence-electron chi connectivity index (χ0n) is 18.8. The molecule has 0 fully saturated rings. The predicted octanol–water partition coefficient (Wildman–Crippen LogP) is 6.07. The van der Waals surface area contributed by atoms with Crippen molar-refractivity contribution in [1.29, 1.82) is 0 Å². The van der Waals surface area contributed by atoms with E-state index in [1.165, 1.54) is 11.3 Å². The zero-order chi connectivity index (χ0) is 23.6. The molecule has 0 amide bonds. The first-order valence-corrected chi connectivity index (χ1v) is 13.0. The van der Waals surface area contributed by atoms with Gasteiger partial charge in [0.25, 0.3) is 0 Å². The molecule has 8 heteroatoms. The first-order chi connectivity index (χ1) is 16.0. The van der Waals surface area contributed by atoms with Gasteiger partial charge in [0.2, 0.25) is 0 Å². The number of hydrogen-bond acceptors (Lipinski definition) is 7. The van der Waals surface area contributed by atoms with Crippen LogP contribution in [-0.2, 0) is 20.4 Å². The van der Waals surface area contributed by atoms with Gasteiger partial charge >= 0.3 is 11.9 Å². The van der Waals surface area contributed by atoms with Crippen LogP contribution in [0.15, 0.2) is 67.3 Å². The third kappa shape index (κ3) is 7.39. The smallest absolute Gasteiger partial charge is 0.348 e. The molecule has 2 aromatic carbocycles. The molecule has 0 aliphatic heterocycles. The molecule has 3 aromatic rings. The molecule has 0 radical (unpaired) electrons. The fraction of sp³-hybridized carbons (Fsp3) is 0.280. The first kappa shape index (κ1) is 24.9. The van der Waals surface area contributed by atoms with E-state index in [4.69, 9.17) is 14.0 Å². The Morgan fingerprint density at radius 3 is 2.67 bits per heavy atom. The van der Waals surface area contributed by atoms with Gasteiger partial charge in [0.1, 0.15) is 23.3 Å². The maximum Gasteiger partial charge on any atom is 0.348 e. The lowest BCUT2D eigenvalue weighted by atomic mass is 10.2. The maximum atomic E-state index is 12.3. The summed E-state index contributed by atoms with van der Waals surface area (Å²) < 4.78 is 17.6. The molecule has 0 spiro atoms. The van der Waals surface area contributed by atoms with Crippen molar-refractivity contribution < 1.29 is 23.6 Å². The third-order valence-corrected chi connectivity index (χ3v) is 7.39. The number of hydrogen-bond donors (Lipinski definition) is 1. The quantitative estimate of drug-likeness (QED) is 0.191. The second kappa shape index (κ2) is 12.5. The Balaban J connectivity index is 1.76. The van der Waals surface area contributed by atoms with Crippen LogP contribution in [0.4, 0.5) is 0 Å². The van der Waals surface area contributed by atoms with Crippen LogP contribution in [0, 0.1) is 0 Å². The van der Waals surface area contributed by atoms with E-state index >= 15 is 0 Å². The van der Waals surface area contributed by atoms with Crippen LogP contribution in [0.25, 0.3) is 10.1 Å². The lowest BCUT2D eigenvalue weighted by Crippen LogP contribution is -2.33. The van der Waals surface area contributed by atoms with Crippen molar-refractivity contribution >= 4 is 41.7 Å². The number of carbonyl (C=O) groups is 2. The molecule has 0 aliphatic rings. The van der Waals surface area contributed by atoms with Crippen molar-refractivity contribution in [2.75, 3.05) is 13.2 Å². The van der Waals surface area contributed by atoms with Gasteiger partial charge in [-0.2, -0.15) is 0 Å². The molecule has 0 saturated heterocycles. The molecule has 2 unspecified atom stereocenters. The van der Waals surface area contributed by atoms with Crippen molar-refractivity contribution in [2.45, 2.75) is 32.5 Å². The van der Waals surface area contributed by atoms with Crippen LogP contribution >= 0.6 is 19.6 Å². The monoisotopic (exact) mass is 485 g/mol. The summed E-state index contributed by atoms with van der Waals surface area (Å²) in [5.74, 6) is 0.0828. The van der Waals surface area contributed by atoms with E-state index in [1.807, 2.05) is 61.5 Å². The molecule has 1 heterocycles. The second-order valence-corrected chi connectivity index (χ2v) is 9.93. The highest BCUT2D eigenvalue weighted by Crippen LogP contribution is 2.39. The van der Waals surface area contributed by atoms with Crippen LogP contribution in [0.3, 0.4) is 0 Å². The standard InChI is InChI=1S/C25H28NO5PS/c1-4-13-29-24(27)18(3)26-32(31-21-9-7-6-8-10-21)17-19-11-12-22-20(15-19)16-23(33-22)25(28)30-14-5-2/h5-12,15-16,18,26H,2,4,13-14,17H2,1,3H3. The molecule has 174 valence electrons. The van der Waals surface area contributed by atoms with Gasteiger partial charge < -0.3 is 14.0 Å². The molecular weight excluding hydrogens is 457 g/mol. The average molecular weight is 486 g/mol. The van der Waals surface area contributed by atoms with Crippen LogP contribution in [-0.4, -0.2) is 31.2 Å². The van der Waals surface area contributed by atoms with Gasteiger partial charge in [-0.15, -0.1) is 11.3 Å². The summed E-state index contributed by atoms with van der Waals surface area (Å²) in [6.45, 7) is 7.89. The Morgan fingerprint density at radius 2 is 1.94 bits per heavy atom. The zero-order valence-corrected chi connectivity index (χ0v) is 20.5. The van der Waals surface area contributed by atoms with Crippen molar-refractivity contribution in [2.24, 2.45) is 0 Å². The largest absolute Gasteiger partial charge is 0.465 e. The summed E-state index contributed by atoms with van der Waals surface area (Å²) in [6.07, 6.45) is 2.90. The summed E-state index contributed by atoms with van der Waals surface area (Å²) >= 11 is 1.40. The van der Waals surface area contributed by atoms with E-state index < -0.39 is 14.3 Å². The number of benzene rings is 2. The number of nitrogens with one attached hydrogen (secondary N) is 1. The molecule has 2 atom stereocenters. The van der Waals surface area contributed by atoms with Gasteiger partial charge in [0.05, 0.1) is 6.61 Å². The van der Waals surface area contributed by atoms with E-state index in [0.29, 0.717) is 17.6 Å². The summed E-state index contributed by atoms with van der Waals surface area (Å²) in [7, 11) is -1.22. The molecular formula is C25H28NO5PS.